The van der Waals surface area contributed by atoms with Crippen molar-refractivity contribution in [3.05, 3.63) is 28.5 Å². The van der Waals surface area contributed by atoms with Crippen LogP contribution in [0.4, 0.5) is 0 Å². The second kappa shape index (κ2) is 6.79. The van der Waals surface area contributed by atoms with Crippen LogP contribution in [0, 0.1) is 0 Å². The van der Waals surface area contributed by atoms with E-state index in [9.17, 15) is 14.6 Å². The summed E-state index contributed by atoms with van der Waals surface area (Å²) < 4.78 is 28.0. The van der Waals surface area contributed by atoms with E-state index in [-0.39, 0.29) is 36.2 Å². The number of nitrogens with zero attached hydrogens (tertiary/aromatic N) is 2. The Morgan fingerprint density at radius 2 is 2.08 bits per heavy atom. The van der Waals surface area contributed by atoms with Crippen molar-refractivity contribution in [2.75, 3.05) is 6.61 Å². The molecule has 0 aliphatic carbocycles. The van der Waals surface area contributed by atoms with Gasteiger partial charge in [0.25, 0.3) is 7.82 Å². The van der Waals surface area contributed by atoms with Crippen molar-refractivity contribution in [2.45, 2.75) is 24.5 Å². The molecule has 0 spiro atoms. The van der Waals surface area contributed by atoms with Gasteiger partial charge >= 0.3 is 29.6 Å². The Labute approximate surface area is 168 Å². The molecule has 0 saturated carbocycles. The van der Waals surface area contributed by atoms with Crippen molar-refractivity contribution in [1.29, 1.82) is 0 Å². The van der Waals surface area contributed by atoms with Crippen molar-refractivity contribution in [1.82, 2.24) is 9.55 Å². The van der Waals surface area contributed by atoms with Crippen LogP contribution in [0.15, 0.2) is 18.5 Å². The predicted octanol–water partition coefficient (Wildman–Crippen LogP) is -1.51. The third-order valence-corrected chi connectivity index (χ3v) is 5.54. The Morgan fingerprint density at radius 3 is 2.83 bits per heavy atom. The van der Waals surface area contributed by atoms with E-state index in [4.69, 9.17) is 32.5 Å². The van der Waals surface area contributed by atoms with Crippen LogP contribution in [0.1, 0.15) is 6.23 Å². The number of aliphatic hydroxyl groups excluding tert-OH is 1. The summed E-state index contributed by atoms with van der Waals surface area (Å²) in [4.78, 5) is 15.6. The average Bonchev–Trinajstić information content (AvgIpc) is 3.01. The number of imidazole rings is 1. The van der Waals surface area contributed by atoms with Crippen LogP contribution in [0.2, 0.25) is 10.0 Å². The van der Waals surface area contributed by atoms with E-state index in [0.29, 0.717) is 21.1 Å². The molecule has 0 amide bonds. The van der Waals surface area contributed by atoms with E-state index in [2.05, 4.69) is 9.51 Å². The van der Waals surface area contributed by atoms with Gasteiger partial charge < -0.3 is 28.4 Å². The summed E-state index contributed by atoms with van der Waals surface area (Å²) in [5.41, 5.74) is 1.16. The molecule has 2 fully saturated rings. The van der Waals surface area contributed by atoms with Gasteiger partial charge in [0, 0.05) is 0 Å². The smallest absolute Gasteiger partial charge is 0.756 e. The number of rotatable bonds is 1. The summed E-state index contributed by atoms with van der Waals surface area (Å²) in [6, 6.07) is 3.19. The van der Waals surface area contributed by atoms with Gasteiger partial charge in [-0.3, -0.25) is 4.57 Å². The van der Waals surface area contributed by atoms with E-state index < -0.39 is 32.4 Å². The molecule has 1 N–H and O–H groups in total. The Balaban J connectivity index is 0.00000169. The Morgan fingerprint density at radius 1 is 1.38 bits per heavy atom. The minimum Gasteiger partial charge on any atom is -0.756 e. The van der Waals surface area contributed by atoms with Gasteiger partial charge in [-0.15, -0.1) is 0 Å². The molecular weight excluding hydrogens is 393 g/mol. The van der Waals surface area contributed by atoms with Crippen LogP contribution in [-0.4, -0.2) is 39.6 Å². The maximum absolute atomic E-state index is 11.4. The number of aromatic nitrogens is 2. The molecule has 2 aromatic rings. The maximum Gasteiger partial charge on any atom is 1.00 e. The van der Waals surface area contributed by atoms with Crippen LogP contribution in [0.3, 0.4) is 0 Å². The molecule has 0 radical (unpaired) electrons. The van der Waals surface area contributed by atoms with E-state index in [1.807, 2.05) is 0 Å². The van der Waals surface area contributed by atoms with Gasteiger partial charge in [-0.2, -0.15) is 0 Å². The number of ether oxygens (including phenoxy) is 1. The number of phosphoric acid groups is 1. The molecule has 3 heterocycles. The molecule has 8 nitrogen and oxygen atoms in total. The van der Waals surface area contributed by atoms with E-state index in [1.165, 1.54) is 6.33 Å². The largest absolute Gasteiger partial charge is 1.00 e. The third kappa shape index (κ3) is 3.19. The zero-order valence-electron chi connectivity index (χ0n) is 12.3. The zero-order chi connectivity index (χ0) is 16.4. The molecule has 2 aliphatic heterocycles. The van der Waals surface area contributed by atoms with Gasteiger partial charge in [0.2, 0.25) is 0 Å². The summed E-state index contributed by atoms with van der Waals surface area (Å²) >= 11 is 12.0. The number of benzene rings is 1. The van der Waals surface area contributed by atoms with Crippen molar-refractivity contribution in [3.8, 4) is 0 Å². The molecule has 24 heavy (non-hydrogen) atoms. The van der Waals surface area contributed by atoms with Crippen LogP contribution < -0.4 is 34.5 Å². The number of fused-ring (bicyclic) bond motifs is 2. The van der Waals surface area contributed by atoms with Gasteiger partial charge in [-0.1, -0.05) is 23.2 Å². The molecule has 1 unspecified atom stereocenters. The molecule has 124 valence electrons. The van der Waals surface area contributed by atoms with E-state index in [1.54, 1.807) is 16.7 Å². The molecule has 1 aromatic heterocycles. The number of hydrogen-bond acceptors (Lipinski definition) is 7. The summed E-state index contributed by atoms with van der Waals surface area (Å²) in [7, 11) is -4.41. The van der Waals surface area contributed by atoms with Crippen LogP contribution >= 0.6 is 31.0 Å². The van der Waals surface area contributed by atoms with Gasteiger partial charge in [-0.05, 0) is 12.1 Å². The summed E-state index contributed by atoms with van der Waals surface area (Å²) in [5.74, 6) is 0. The fourth-order valence-electron chi connectivity index (χ4n) is 2.78. The molecule has 2 aliphatic rings. The molecule has 12 heteroatoms. The monoisotopic (exact) mass is 402 g/mol. The first kappa shape index (κ1) is 19.1. The molecular formula is C12H10Cl2N2NaO6P. The number of hydrogen-bond donors (Lipinski definition) is 1. The summed E-state index contributed by atoms with van der Waals surface area (Å²) in [6.45, 7) is -0.210. The number of phosphoric ester groups is 1. The summed E-state index contributed by atoms with van der Waals surface area (Å²) in [5, 5.41) is 11.1. The fraction of sp³-hybridized carbons (Fsp3) is 0.417. The van der Waals surface area contributed by atoms with Crippen molar-refractivity contribution < 1.29 is 57.9 Å². The maximum atomic E-state index is 11.4. The first-order valence-electron chi connectivity index (χ1n) is 6.65. The second-order valence-corrected chi connectivity index (χ2v) is 7.45. The van der Waals surface area contributed by atoms with Crippen molar-refractivity contribution in [2.24, 2.45) is 0 Å². The van der Waals surface area contributed by atoms with Crippen LogP contribution in [-0.2, 0) is 18.3 Å². The average molecular weight is 403 g/mol. The topological polar surface area (TPSA) is 106 Å². The summed E-state index contributed by atoms with van der Waals surface area (Å²) in [6.07, 6.45) is -2.37. The molecule has 4 rings (SSSR count). The van der Waals surface area contributed by atoms with Gasteiger partial charge in [0.1, 0.15) is 18.3 Å². The molecule has 0 bridgehead atoms. The Bertz CT molecular complexity index is 835. The van der Waals surface area contributed by atoms with Crippen molar-refractivity contribution >= 4 is 42.1 Å². The van der Waals surface area contributed by atoms with Gasteiger partial charge in [-0.25, -0.2) is 4.98 Å². The van der Waals surface area contributed by atoms with Crippen molar-refractivity contribution in [3.63, 3.8) is 0 Å². The normalized spacial score (nSPS) is 35.7. The predicted molar refractivity (Wildman–Crippen MR) is 78.1 cm³/mol. The van der Waals surface area contributed by atoms with Crippen LogP contribution in [0.25, 0.3) is 11.0 Å². The van der Waals surface area contributed by atoms with Gasteiger partial charge in [0.05, 0.1) is 34.0 Å². The SMILES string of the molecule is O=P1([O-])OC[C@H]2O[C@@H](n3cnc4cc(Cl)c(Cl)cc43)[C@@H](O)[C@@H]2O1.[Na+]. The van der Waals surface area contributed by atoms with Crippen LogP contribution in [0.5, 0.6) is 0 Å². The molecule has 1 aromatic carbocycles. The van der Waals surface area contributed by atoms with E-state index >= 15 is 0 Å². The number of halogens is 2. The standard InChI is InChI=1S/C12H11Cl2N2O6P.Na/c13-5-1-7-8(2-6(5)14)16(4-15-7)12-10(17)11-9(21-12)3-20-23(18,19)22-11;/h1-2,4,9-12,17H,3H2,(H,18,19);/q;+1/p-1/t9-,10+,11-,12-;/m1./s1. The third-order valence-electron chi connectivity index (χ3n) is 3.85. The number of aliphatic hydroxyl groups is 1. The minimum absolute atomic E-state index is 0. The second-order valence-electron chi connectivity index (χ2n) is 5.28. The van der Waals surface area contributed by atoms with E-state index in [0.717, 1.165) is 0 Å². The Hall–Kier alpha value is 0.300. The molecule has 2 saturated heterocycles. The molecule has 5 atom stereocenters. The minimum atomic E-state index is -4.41. The Kier molecular flexibility index (Phi) is 5.40. The fourth-order valence-corrected chi connectivity index (χ4v) is 4.05. The quantitative estimate of drug-likeness (QED) is 0.456. The first-order chi connectivity index (χ1) is 10.9. The van der Waals surface area contributed by atoms with Gasteiger partial charge in [0.15, 0.2) is 6.23 Å². The zero-order valence-corrected chi connectivity index (χ0v) is 16.7. The first-order valence-corrected chi connectivity index (χ1v) is 8.86.